The predicted octanol–water partition coefficient (Wildman–Crippen LogP) is 3.86. The summed E-state index contributed by atoms with van der Waals surface area (Å²) in [7, 11) is 1.95. The van der Waals surface area contributed by atoms with Crippen molar-refractivity contribution >= 4 is 33.4 Å². The summed E-state index contributed by atoms with van der Waals surface area (Å²) in [4.78, 5) is 30.1. The monoisotopic (exact) mass is 444 g/mol. The zero-order valence-electron chi connectivity index (χ0n) is 18.9. The van der Waals surface area contributed by atoms with Crippen molar-refractivity contribution in [3.63, 3.8) is 0 Å². The summed E-state index contributed by atoms with van der Waals surface area (Å²) in [5.74, 6) is 0.272. The number of hydrogen-bond acceptors (Lipinski definition) is 4. The average molecular weight is 445 g/mol. The largest absolute Gasteiger partial charge is 0.356 e. The fraction of sp³-hybridized carbons (Fsp3) is 0.667. The van der Waals surface area contributed by atoms with Gasteiger partial charge in [-0.05, 0) is 62.6 Å². The molecule has 31 heavy (non-hydrogen) atoms. The average Bonchev–Trinajstić information content (AvgIpc) is 3.39. The van der Waals surface area contributed by atoms with Gasteiger partial charge in [-0.25, -0.2) is 0 Å². The standard InChI is InChI=1S/C24H36N4O2S/c1-3-19-7-4-5-12-27(19)13-6-11-25-23(29)18-8-14-28(15-9-18)24(30)21-17-22-20(26(21)2)10-16-31-22/h10,16-19H,3-9,11-15H2,1-2H3,(H,25,29). The van der Waals surface area contributed by atoms with Gasteiger partial charge in [-0.3, -0.25) is 9.59 Å². The first kappa shape index (κ1) is 22.3. The Labute approximate surface area is 189 Å². The van der Waals surface area contributed by atoms with Crippen LogP contribution < -0.4 is 5.32 Å². The van der Waals surface area contributed by atoms with Crippen LogP contribution in [-0.4, -0.2) is 64.9 Å². The van der Waals surface area contributed by atoms with Crippen molar-refractivity contribution in [1.29, 1.82) is 0 Å². The fourth-order valence-electron chi connectivity index (χ4n) is 5.22. The molecule has 0 bridgehead atoms. The summed E-state index contributed by atoms with van der Waals surface area (Å²) in [6, 6.07) is 4.78. The van der Waals surface area contributed by atoms with E-state index in [-0.39, 0.29) is 17.7 Å². The van der Waals surface area contributed by atoms with Crippen LogP contribution in [0.2, 0.25) is 0 Å². The number of piperidine rings is 2. The van der Waals surface area contributed by atoms with Gasteiger partial charge in [0, 0.05) is 45.2 Å². The number of fused-ring (bicyclic) bond motifs is 1. The molecule has 170 valence electrons. The van der Waals surface area contributed by atoms with Gasteiger partial charge in [0.05, 0.1) is 10.2 Å². The lowest BCUT2D eigenvalue weighted by atomic mass is 9.95. The lowest BCUT2D eigenvalue weighted by Gasteiger charge is -2.35. The molecule has 2 fully saturated rings. The summed E-state index contributed by atoms with van der Waals surface area (Å²) in [5.41, 5.74) is 1.85. The van der Waals surface area contributed by atoms with E-state index in [0.29, 0.717) is 13.1 Å². The number of rotatable bonds is 7. The number of carbonyl (C=O) groups excluding carboxylic acids is 2. The molecule has 2 amide bonds. The van der Waals surface area contributed by atoms with Gasteiger partial charge in [0.2, 0.25) is 5.91 Å². The number of nitrogens with zero attached hydrogens (tertiary/aromatic N) is 3. The quantitative estimate of drug-likeness (QED) is 0.660. The van der Waals surface area contributed by atoms with E-state index in [1.54, 1.807) is 11.3 Å². The molecule has 0 saturated carbocycles. The van der Waals surface area contributed by atoms with Gasteiger partial charge >= 0.3 is 0 Å². The van der Waals surface area contributed by atoms with Crippen molar-refractivity contribution in [2.45, 2.75) is 57.9 Å². The van der Waals surface area contributed by atoms with Gasteiger partial charge in [0.25, 0.3) is 5.91 Å². The lowest BCUT2D eigenvalue weighted by molar-refractivity contribution is -0.126. The molecular weight excluding hydrogens is 408 g/mol. The Morgan fingerprint density at radius 1 is 1.16 bits per heavy atom. The maximum atomic E-state index is 13.0. The molecule has 2 aromatic rings. The van der Waals surface area contributed by atoms with E-state index in [4.69, 9.17) is 0 Å². The molecule has 1 N–H and O–H groups in total. The van der Waals surface area contributed by atoms with Crippen LogP contribution in [0.5, 0.6) is 0 Å². The molecule has 4 heterocycles. The van der Waals surface area contributed by atoms with Crippen molar-refractivity contribution in [3.05, 3.63) is 23.2 Å². The van der Waals surface area contributed by atoms with Crippen LogP contribution >= 0.6 is 11.3 Å². The molecular formula is C24H36N4O2S. The van der Waals surface area contributed by atoms with Crippen molar-refractivity contribution < 1.29 is 9.59 Å². The fourth-order valence-corrected chi connectivity index (χ4v) is 6.07. The van der Waals surface area contributed by atoms with E-state index in [1.165, 1.54) is 32.2 Å². The number of carbonyl (C=O) groups is 2. The summed E-state index contributed by atoms with van der Waals surface area (Å²) in [5, 5.41) is 5.21. The van der Waals surface area contributed by atoms with Gasteiger partial charge in [-0.1, -0.05) is 13.3 Å². The lowest BCUT2D eigenvalue weighted by Crippen LogP contribution is -2.44. The molecule has 0 radical (unpaired) electrons. The molecule has 0 spiro atoms. The SMILES string of the molecule is CCC1CCCCN1CCCNC(=O)C1CCN(C(=O)c2cc3sccc3n2C)CC1. The Bertz CT molecular complexity index is 897. The number of hydrogen-bond donors (Lipinski definition) is 1. The molecule has 2 saturated heterocycles. The second-order valence-electron chi connectivity index (χ2n) is 9.06. The van der Waals surface area contributed by atoms with Gasteiger partial charge in [-0.15, -0.1) is 11.3 Å². The molecule has 2 aromatic heterocycles. The van der Waals surface area contributed by atoms with Gasteiger partial charge in [0.1, 0.15) is 5.69 Å². The van der Waals surface area contributed by atoms with E-state index in [0.717, 1.165) is 54.3 Å². The predicted molar refractivity (Wildman–Crippen MR) is 127 cm³/mol. The first-order valence-electron chi connectivity index (χ1n) is 11.9. The minimum atomic E-state index is 0.0272. The molecule has 2 aliphatic rings. The maximum Gasteiger partial charge on any atom is 0.270 e. The number of thiophene rings is 1. The smallest absolute Gasteiger partial charge is 0.270 e. The molecule has 1 atom stereocenters. The zero-order valence-corrected chi connectivity index (χ0v) is 19.8. The van der Waals surface area contributed by atoms with Crippen molar-refractivity contribution in [3.8, 4) is 0 Å². The molecule has 7 heteroatoms. The molecule has 0 aliphatic carbocycles. The third-order valence-electron chi connectivity index (χ3n) is 7.18. The van der Waals surface area contributed by atoms with E-state index in [1.807, 2.05) is 22.6 Å². The van der Waals surface area contributed by atoms with Gasteiger partial charge in [0.15, 0.2) is 0 Å². The first-order chi connectivity index (χ1) is 15.1. The van der Waals surface area contributed by atoms with Crippen LogP contribution in [0, 0.1) is 5.92 Å². The van der Waals surface area contributed by atoms with Crippen molar-refractivity contribution in [2.24, 2.45) is 13.0 Å². The Kier molecular flexibility index (Phi) is 7.33. The van der Waals surface area contributed by atoms with Crippen LogP contribution in [0.4, 0.5) is 0 Å². The Balaban J connectivity index is 1.19. The number of likely N-dealkylation sites (tertiary alicyclic amines) is 2. The van der Waals surface area contributed by atoms with E-state index >= 15 is 0 Å². The van der Waals surface area contributed by atoms with Crippen molar-refractivity contribution in [1.82, 2.24) is 19.7 Å². The van der Waals surface area contributed by atoms with E-state index < -0.39 is 0 Å². The van der Waals surface area contributed by atoms with Gasteiger partial charge in [-0.2, -0.15) is 0 Å². The van der Waals surface area contributed by atoms with Crippen molar-refractivity contribution in [2.75, 3.05) is 32.7 Å². The van der Waals surface area contributed by atoms with Crippen LogP contribution in [0.15, 0.2) is 17.5 Å². The molecule has 2 aliphatic heterocycles. The summed E-state index contributed by atoms with van der Waals surface area (Å²) in [6.45, 7) is 6.63. The zero-order chi connectivity index (χ0) is 21.8. The third-order valence-corrected chi connectivity index (χ3v) is 8.03. The summed E-state index contributed by atoms with van der Waals surface area (Å²) in [6.07, 6.45) is 7.73. The van der Waals surface area contributed by atoms with Crippen LogP contribution in [0.25, 0.3) is 10.2 Å². The molecule has 0 aromatic carbocycles. The molecule has 6 nitrogen and oxygen atoms in total. The van der Waals surface area contributed by atoms with Crippen LogP contribution in [-0.2, 0) is 11.8 Å². The highest BCUT2D eigenvalue weighted by Crippen LogP contribution is 2.26. The van der Waals surface area contributed by atoms with E-state index in [9.17, 15) is 9.59 Å². The second-order valence-corrected chi connectivity index (χ2v) is 10.0. The Morgan fingerprint density at radius 3 is 2.71 bits per heavy atom. The highest BCUT2D eigenvalue weighted by Gasteiger charge is 2.29. The van der Waals surface area contributed by atoms with Crippen LogP contribution in [0.3, 0.4) is 0 Å². The minimum absolute atomic E-state index is 0.0272. The first-order valence-corrected chi connectivity index (χ1v) is 12.8. The Morgan fingerprint density at radius 2 is 1.97 bits per heavy atom. The Hall–Kier alpha value is -1.86. The number of nitrogens with one attached hydrogen (secondary N) is 1. The molecule has 4 rings (SSSR count). The maximum absolute atomic E-state index is 13.0. The number of amides is 2. The number of aryl methyl sites for hydroxylation is 1. The summed E-state index contributed by atoms with van der Waals surface area (Å²) >= 11 is 1.66. The summed E-state index contributed by atoms with van der Waals surface area (Å²) < 4.78 is 3.13. The molecule has 1 unspecified atom stereocenters. The van der Waals surface area contributed by atoms with Gasteiger partial charge < -0.3 is 19.7 Å². The highest BCUT2D eigenvalue weighted by molar-refractivity contribution is 7.17. The highest BCUT2D eigenvalue weighted by atomic mass is 32.1. The third kappa shape index (κ3) is 4.98. The topological polar surface area (TPSA) is 57.6 Å². The second kappa shape index (κ2) is 10.2. The normalized spacial score (nSPS) is 21.0. The van der Waals surface area contributed by atoms with E-state index in [2.05, 4.69) is 28.6 Å². The number of aromatic nitrogens is 1. The van der Waals surface area contributed by atoms with Crippen LogP contribution in [0.1, 0.15) is 62.4 Å². The minimum Gasteiger partial charge on any atom is -0.356 e.